The van der Waals surface area contributed by atoms with Gasteiger partial charge in [0.25, 0.3) is 0 Å². The minimum atomic E-state index is 0.163. The van der Waals surface area contributed by atoms with E-state index < -0.39 is 0 Å². The van der Waals surface area contributed by atoms with E-state index in [1.807, 2.05) is 0 Å². The zero-order chi connectivity index (χ0) is 18.3. The van der Waals surface area contributed by atoms with Crippen LogP contribution in [-0.2, 0) is 10.2 Å². The van der Waals surface area contributed by atoms with Gasteiger partial charge < -0.3 is 10.1 Å². The molecular weight excluding hydrogens is 306 g/mol. The van der Waals surface area contributed by atoms with Crippen molar-refractivity contribution < 1.29 is 4.74 Å². The zero-order valence-electron chi connectivity index (χ0n) is 16.9. The fraction of sp³-hybridized carbons (Fsp3) is 0.652. The van der Waals surface area contributed by atoms with Gasteiger partial charge in [-0.3, -0.25) is 0 Å². The summed E-state index contributed by atoms with van der Waals surface area (Å²) in [6.07, 6.45) is 7.24. The van der Waals surface area contributed by atoms with E-state index in [-0.39, 0.29) is 5.41 Å². The second-order valence-corrected chi connectivity index (χ2v) is 8.60. The topological polar surface area (TPSA) is 21.3 Å². The molecule has 1 aromatic rings. The standard InChI is InChI=1S/C23H37NO/c1-18(2)16-22(24-13-10-20-11-14-25-15-12-20)17-23(4,5)21-8-6-19(3)7-9-21/h6-9,16,20,22,24H,10-15,17H2,1-5H3. The summed E-state index contributed by atoms with van der Waals surface area (Å²) in [5.41, 5.74) is 4.31. The van der Waals surface area contributed by atoms with E-state index in [0.717, 1.165) is 32.1 Å². The molecule has 0 aromatic heterocycles. The third kappa shape index (κ3) is 6.95. The van der Waals surface area contributed by atoms with Crippen LogP contribution in [0.1, 0.15) is 64.5 Å². The first-order valence-electron chi connectivity index (χ1n) is 9.90. The van der Waals surface area contributed by atoms with Crippen LogP contribution in [0.2, 0.25) is 0 Å². The van der Waals surface area contributed by atoms with Crippen molar-refractivity contribution >= 4 is 0 Å². The molecule has 1 heterocycles. The monoisotopic (exact) mass is 343 g/mol. The van der Waals surface area contributed by atoms with Crippen LogP contribution in [0.25, 0.3) is 0 Å². The van der Waals surface area contributed by atoms with Gasteiger partial charge in [-0.2, -0.15) is 0 Å². The zero-order valence-corrected chi connectivity index (χ0v) is 16.9. The Kier molecular flexibility index (Phi) is 7.71. The summed E-state index contributed by atoms with van der Waals surface area (Å²) in [7, 11) is 0. The molecule has 0 saturated carbocycles. The lowest BCUT2D eigenvalue weighted by Gasteiger charge is -2.31. The molecule has 2 heteroatoms. The minimum Gasteiger partial charge on any atom is -0.381 e. The second kappa shape index (κ2) is 9.54. The summed E-state index contributed by atoms with van der Waals surface area (Å²) < 4.78 is 5.47. The maximum Gasteiger partial charge on any atom is 0.0468 e. The normalized spacial score (nSPS) is 17.3. The number of hydrogen-bond acceptors (Lipinski definition) is 2. The number of allylic oxidation sites excluding steroid dienone is 1. The molecule has 1 unspecified atom stereocenters. The summed E-state index contributed by atoms with van der Waals surface area (Å²) >= 11 is 0. The van der Waals surface area contributed by atoms with Crippen molar-refractivity contribution in [3.05, 3.63) is 47.0 Å². The van der Waals surface area contributed by atoms with Gasteiger partial charge in [-0.15, -0.1) is 0 Å². The van der Waals surface area contributed by atoms with Gasteiger partial charge in [-0.25, -0.2) is 0 Å². The lowest BCUT2D eigenvalue weighted by Crippen LogP contribution is -2.36. The average molecular weight is 344 g/mol. The molecule has 1 aliphatic heterocycles. The van der Waals surface area contributed by atoms with E-state index in [1.165, 1.54) is 36.0 Å². The average Bonchev–Trinajstić information content (AvgIpc) is 2.55. The summed E-state index contributed by atoms with van der Waals surface area (Å²) in [4.78, 5) is 0. The summed E-state index contributed by atoms with van der Waals surface area (Å²) in [6, 6.07) is 9.46. The lowest BCUT2D eigenvalue weighted by molar-refractivity contribution is 0.0638. The molecule has 1 aliphatic rings. The van der Waals surface area contributed by atoms with Crippen LogP contribution in [0.15, 0.2) is 35.9 Å². The molecular formula is C23H37NO. The van der Waals surface area contributed by atoms with Crippen LogP contribution in [0.4, 0.5) is 0 Å². The number of nitrogens with one attached hydrogen (secondary N) is 1. The molecule has 25 heavy (non-hydrogen) atoms. The predicted molar refractivity (Wildman–Crippen MR) is 108 cm³/mol. The summed E-state index contributed by atoms with van der Waals surface area (Å²) in [5, 5.41) is 3.82. The Bertz CT molecular complexity index is 534. The first-order chi connectivity index (χ1) is 11.9. The lowest BCUT2D eigenvalue weighted by atomic mass is 9.78. The van der Waals surface area contributed by atoms with Crippen molar-refractivity contribution in [2.24, 2.45) is 5.92 Å². The molecule has 1 atom stereocenters. The fourth-order valence-corrected chi connectivity index (χ4v) is 3.77. The molecule has 0 aliphatic carbocycles. The molecule has 0 radical (unpaired) electrons. The Morgan fingerprint density at radius 2 is 1.84 bits per heavy atom. The van der Waals surface area contributed by atoms with Gasteiger partial charge in [0.1, 0.15) is 0 Å². The predicted octanol–water partition coefficient (Wildman–Crippen LogP) is 5.40. The van der Waals surface area contributed by atoms with Crippen LogP contribution >= 0.6 is 0 Å². The van der Waals surface area contributed by atoms with Gasteiger partial charge in [-0.1, -0.05) is 55.3 Å². The number of rotatable bonds is 8. The van der Waals surface area contributed by atoms with Crippen LogP contribution in [0, 0.1) is 12.8 Å². The molecule has 1 aromatic carbocycles. The Labute approximate surface area is 155 Å². The van der Waals surface area contributed by atoms with Crippen molar-refractivity contribution in [3.63, 3.8) is 0 Å². The van der Waals surface area contributed by atoms with E-state index in [1.54, 1.807) is 0 Å². The highest BCUT2D eigenvalue weighted by Crippen LogP contribution is 2.29. The van der Waals surface area contributed by atoms with Gasteiger partial charge in [0.2, 0.25) is 0 Å². The first kappa shape index (κ1) is 20.2. The number of ether oxygens (including phenoxy) is 1. The SMILES string of the molecule is CC(C)=CC(CC(C)(C)c1ccc(C)cc1)NCCC1CCOCC1. The molecule has 1 saturated heterocycles. The molecule has 0 bridgehead atoms. The van der Waals surface area contributed by atoms with Gasteiger partial charge in [0.15, 0.2) is 0 Å². The Morgan fingerprint density at radius 1 is 1.20 bits per heavy atom. The maximum atomic E-state index is 5.47. The molecule has 0 amide bonds. The van der Waals surface area contributed by atoms with Crippen LogP contribution in [0.3, 0.4) is 0 Å². The first-order valence-corrected chi connectivity index (χ1v) is 9.90. The Hall–Kier alpha value is -1.12. The van der Waals surface area contributed by atoms with Crippen molar-refractivity contribution in [2.45, 2.75) is 71.8 Å². The summed E-state index contributed by atoms with van der Waals surface area (Å²) in [6.45, 7) is 14.3. The molecule has 1 fully saturated rings. The molecule has 140 valence electrons. The second-order valence-electron chi connectivity index (χ2n) is 8.60. The maximum absolute atomic E-state index is 5.47. The van der Waals surface area contributed by atoms with Crippen molar-refractivity contribution in [1.29, 1.82) is 0 Å². The summed E-state index contributed by atoms with van der Waals surface area (Å²) in [5.74, 6) is 0.832. The third-order valence-corrected chi connectivity index (χ3v) is 5.40. The van der Waals surface area contributed by atoms with E-state index in [2.05, 4.69) is 70.3 Å². The Balaban J connectivity index is 1.93. The van der Waals surface area contributed by atoms with Crippen LogP contribution in [0.5, 0.6) is 0 Å². The van der Waals surface area contributed by atoms with Gasteiger partial charge >= 0.3 is 0 Å². The molecule has 2 nitrogen and oxygen atoms in total. The van der Waals surface area contributed by atoms with Crippen molar-refractivity contribution in [3.8, 4) is 0 Å². The fourth-order valence-electron chi connectivity index (χ4n) is 3.77. The number of hydrogen-bond donors (Lipinski definition) is 1. The highest BCUT2D eigenvalue weighted by Gasteiger charge is 2.24. The van der Waals surface area contributed by atoms with E-state index in [4.69, 9.17) is 4.74 Å². The van der Waals surface area contributed by atoms with Gasteiger partial charge in [0.05, 0.1) is 0 Å². The van der Waals surface area contributed by atoms with Gasteiger partial charge in [-0.05, 0) is 69.9 Å². The third-order valence-electron chi connectivity index (χ3n) is 5.40. The van der Waals surface area contributed by atoms with Crippen LogP contribution < -0.4 is 5.32 Å². The number of aryl methyl sites for hydroxylation is 1. The number of benzene rings is 1. The minimum absolute atomic E-state index is 0.163. The molecule has 2 rings (SSSR count). The van der Waals surface area contributed by atoms with E-state index in [0.29, 0.717) is 6.04 Å². The smallest absolute Gasteiger partial charge is 0.0468 e. The molecule has 1 N–H and O–H groups in total. The largest absolute Gasteiger partial charge is 0.381 e. The van der Waals surface area contributed by atoms with E-state index in [9.17, 15) is 0 Å². The quantitative estimate of drug-likeness (QED) is 0.638. The molecule has 0 spiro atoms. The van der Waals surface area contributed by atoms with Gasteiger partial charge in [0, 0.05) is 19.3 Å². The highest BCUT2D eigenvalue weighted by atomic mass is 16.5. The highest BCUT2D eigenvalue weighted by molar-refractivity contribution is 5.28. The Morgan fingerprint density at radius 3 is 2.44 bits per heavy atom. The van der Waals surface area contributed by atoms with Crippen molar-refractivity contribution in [1.82, 2.24) is 5.32 Å². The van der Waals surface area contributed by atoms with E-state index >= 15 is 0 Å². The van der Waals surface area contributed by atoms with Crippen LogP contribution in [-0.4, -0.2) is 25.8 Å². The van der Waals surface area contributed by atoms with Crippen molar-refractivity contribution in [2.75, 3.05) is 19.8 Å².